The van der Waals surface area contributed by atoms with E-state index in [4.69, 9.17) is 15.6 Å². The Morgan fingerprint density at radius 1 is 1.21 bits per heavy atom. The Morgan fingerprint density at radius 3 is 2.42 bits per heavy atom. The first-order valence-corrected chi connectivity index (χ1v) is 8.69. The minimum atomic E-state index is -3.49. The van der Waals surface area contributed by atoms with Crippen LogP contribution in [0.15, 0.2) is 47.9 Å². The van der Waals surface area contributed by atoms with Crippen LogP contribution in [0, 0.1) is 0 Å². The van der Waals surface area contributed by atoms with Gasteiger partial charge in [-0.1, -0.05) is 18.2 Å². The predicted octanol–water partition coefficient (Wildman–Crippen LogP) is 2.56. The Bertz CT molecular complexity index is 870. The molecule has 3 N–H and O–H groups in total. The monoisotopic (exact) mass is 347 g/mol. The molecule has 24 heavy (non-hydrogen) atoms. The molecule has 0 aliphatic heterocycles. The number of sulfone groups is 1. The highest BCUT2D eigenvalue weighted by atomic mass is 32.2. The number of anilines is 1. The van der Waals surface area contributed by atoms with Gasteiger partial charge in [-0.15, -0.1) is 0 Å². The van der Waals surface area contributed by atoms with E-state index >= 15 is 0 Å². The van der Waals surface area contributed by atoms with Crippen LogP contribution in [0.25, 0.3) is 6.08 Å². The Hall–Kier alpha value is -2.80. The number of carbonyl (C=O) groups is 1. The van der Waals surface area contributed by atoms with E-state index in [-0.39, 0.29) is 11.3 Å². The van der Waals surface area contributed by atoms with Gasteiger partial charge in [0.15, 0.2) is 9.84 Å². The molecule has 0 heterocycles. The molecule has 2 rings (SSSR count). The summed E-state index contributed by atoms with van der Waals surface area (Å²) in [5, 5.41) is 9.93. The SMILES string of the molecule is COc1ccc(CS(=O)(=O)C=Cc2ccc(C(=O)O)cc2)cc1N. The van der Waals surface area contributed by atoms with Crippen LogP contribution in [0.5, 0.6) is 5.75 Å². The Morgan fingerprint density at radius 2 is 1.88 bits per heavy atom. The average Bonchev–Trinajstić information content (AvgIpc) is 2.53. The molecule has 0 spiro atoms. The molecule has 0 bridgehead atoms. The molecular formula is C17H17NO5S. The molecule has 0 fully saturated rings. The smallest absolute Gasteiger partial charge is 0.335 e. The van der Waals surface area contributed by atoms with Crippen molar-refractivity contribution in [3.8, 4) is 5.75 Å². The zero-order chi connectivity index (χ0) is 17.7. The van der Waals surface area contributed by atoms with Gasteiger partial charge in [0, 0.05) is 5.41 Å². The molecule has 0 unspecified atom stereocenters. The van der Waals surface area contributed by atoms with Crippen LogP contribution >= 0.6 is 0 Å². The molecule has 6 nitrogen and oxygen atoms in total. The van der Waals surface area contributed by atoms with Gasteiger partial charge in [-0.05, 0) is 41.5 Å². The highest BCUT2D eigenvalue weighted by molar-refractivity contribution is 7.93. The quantitative estimate of drug-likeness (QED) is 0.778. The molecule has 2 aromatic carbocycles. The number of rotatable bonds is 6. The van der Waals surface area contributed by atoms with Crippen molar-refractivity contribution in [2.75, 3.05) is 12.8 Å². The number of hydrogen-bond acceptors (Lipinski definition) is 5. The van der Waals surface area contributed by atoms with Crippen molar-refractivity contribution in [2.45, 2.75) is 5.75 Å². The highest BCUT2D eigenvalue weighted by Gasteiger charge is 2.10. The third-order valence-corrected chi connectivity index (χ3v) is 4.57. The van der Waals surface area contributed by atoms with Gasteiger partial charge in [0.25, 0.3) is 0 Å². The Labute approximate surface area is 140 Å². The maximum absolute atomic E-state index is 12.2. The van der Waals surface area contributed by atoms with Crippen molar-refractivity contribution < 1.29 is 23.1 Å². The number of nitrogen functional groups attached to an aromatic ring is 1. The number of ether oxygens (including phenoxy) is 1. The number of aromatic carboxylic acids is 1. The van der Waals surface area contributed by atoms with Crippen LogP contribution in [0.4, 0.5) is 5.69 Å². The van der Waals surface area contributed by atoms with Crippen molar-refractivity contribution in [1.82, 2.24) is 0 Å². The van der Waals surface area contributed by atoms with Gasteiger partial charge in [-0.3, -0.25) is 0 Å². The lowest BCUT2D eigenvalue weighted by Gasteiger charge is -2.06. The number of methoxy groups -OCH3 is 1. The van der Waals surface area contributed by atoms with Gasteiger partial charge in [-0.2, -0.15) is 0 Å². The summed E-state index contributed by atoms with van der Waals surface area (Å²) in [7, 11) is -2.00. The van der Waals surface area contributed by atoms with Gasteiger partial charge < -0.3 is 15.6 Å². The van der Waals surface area contributed by atoms with Crippen molar-refractivity contribution in [3.63, 3.8) is 0 Å². The lowest BCUT2D eigenvalue weighted by molar-refractivity contribution is 0.0697. The van der Waals surface area contributed by atoms with Crippen molar-refractivity contribution in [2.24, 2.45) is 0 Å². The van der Waals surface area contributed by atoms with Gasteiger partial charge in [0.1, 0.15) is 5.75 Å². The number of hydrogen-bond donors (Lipinski definition) is 2. The van der Waals surface area contributed by atoms with Gasteiger partial charge in [-0.25, -0.2) is 13.2 Å². The molecule has 0 saturated heterocycles. The zero-order valence-electron chi connectivity index (χ0n) is 13.0. The maximum Gasteiger partial charge on any atom is 0.335 e. The average molecular weight is 347 g/mol. The van der Waals surface area contributed by atoms with Gasteiger partial charge in [0.2, 0.25) is 0 Å². The van der Waals surface area contributed by atoms with Crippen LogP contribution < -0.4 is 10.5 Å². The molecule has 2 aromatic rings. The van der Waals surface area contributed by atoms with E-state index in [1.165, 1.54) is 25.3 Å². The predicted molar refractivity (Wildman–Crippen MR) is 92.5 cm³/mol. The first-order valence-electron chi connectivity index (χ1n) is 6.97. The molecule has 0 radical (unpaired) electrons. The summed E-state index contributed by atoms with van der Waals surface area (Å²) in [5.74, 6) is -0.731. The second-order valence-electron chi connectivity index (χ2n) is 5.11. The molecule has 0 aliphatic carbocycles. The van der Waals surface area contributed by atoms with E-state index in [2.05, 4.69) is 0 Å². The summed E-state index contributed by atoms with van der Waals surface area (Å²) in [5.41, 5.74) is 7.43. The van der Waals surface area contributed by atoms with E-state index in [1.54, 1.807) is 30.3 Å². The molecule has 0 atom stereocenters. The second kappa shape index (κ2) is 7.18. The molecule has 7 heteroatoms. The van der Waals surface area contributed by atoms with Crippen LogP contribution in [-0.4, -0.2) is 26.6 Å². The highest BCUT2D eigenvalue weighted by Crippen LogP contribution is 2.23. The summed E-state index contributed by atoms with van der Waals surface area (Å²) in [6.45, 7) is 0. The van der Waals surface area contributed by atoms with Crippen molar-refractivity contribution >= 4 is 27.6 Å². The van der Waals surface area contributed by atoms with Crippen LogP contribution in [0.3, 0.4) is 0 Å². The van der Waals surface area contributed by atoms with Gasteiger partial charge in [0.05, 0.1) is 24.1 Å². The van der Waals surface area contributed by atoms with Crippen LogP contribution in [0.1, 0.15) is 21.5 Å². The summed E-state index contributed by atoms with van der Waals surface area (Å²) in [4.78, 5) is 10.8. The number of nitrogens with two attached hydrogens (primary N) is 1. The van der Waals surface area contributed by atoms with Crippen molar-refractivity contribution in [1.29, 1.82) is 0 Å². The zero-order valence-corrected chi connectivity index (χ0v) is 13.8. The van der Waals surface area contributed by atoms with E-state index < -0.39 is 15.8 Å². The first-order chi connectivity index (χ1) is 11.3. The van der Waals surface area contributed by atoms with E-state index in [1.807, 2.05) is 0 Å². The van der Waals surface area contributed by atoms with Gasteiger partial charge >= 0.3 is 5.97 Å². The topological polar surface area (TPSA) is 107 Å². The molecule has 0 aromatic heterocycles. The van der Waals surface area contributed by atoms with E-state index in [0.29, 0.717) is 22.6 Å². The molecule has 0 amide bonds. The second-order valence-corrected chi connectivity index (χ2v) is 7.00. The lowest BCUT2D eigenvalue weighted by atomic mass is 10.1. The van der Waals surface area contributed by atoms with E-state index in [0.717, 1.165) is 5.41 Å². The summed E-state index contributed by atoms with van der Waals surface area (Å²) in [6.07, 6.45) is 1.42. The summed E-state index contributed by atoms with van der Waals surface area (Å²) < 4.78 is 29.4. The lowest BCUT2D eigenvalue weighted by Crippen LogP contribution is -2.01. The summed E-state index contributed by atoms with van der Waals surface area (Å²) in [6, 6.07) is 10.7. The molecule has 126 valence electrons. The Balaban J connectivity index is 2.12. The fourth-order valence-electron chi connectivity index (χ4n) is 2.07. The van der Waals surface area contributed by atoms with Crippen LogP contribution in [0.2, 0.25) is 0 Å². The fourth-order valence-corrected chi connectivity index (χ4v) is 3.18. The molecule has 0 aliphatic rings. The maximum atomic E-state index is 12.2. The van der Waals surface area contributed by atoms with Crippen molar-refractivity contribution in [3.05, 3.63) is 64.6 Å². The number of benzene rings is 2. The third-order valence-electron chi connectivity index (χ3n) is 3.29. The largest absolute Gasteiger partial charge is 0.495 e. The minimum Gasteiger partial charge on any atom is -0.495 e. The number of carboxylic acid groups (broad SMARTS) is 1. The molecular weight excluding hydrogens is 330 g/mol. The normalized spacial score (nSPS) is 11.5. The Kier molecular flexibility index (Phi) is 5.25. The fraction of sp³-hybridized carbons (Fsp3) is 0.118. The first kappa shape index (κ1) is 17.6. The summed E-state index contributed by atoms with van der Waals surface area (Å²) >= 11 is 0. The minimum absolute atomic E-state index is 0.142. The molecule has 0 saturated carbocycles. The standard InChI is InChI=1S/C17H17NO5S/c1-23-16-7-4-13(10-15(16)18)11-24(21,22)9-8-12-2-5-14(6-3-12)17(19)20/h2-10H,11,18H2,1H3,(H,19,20). The third kappa shape index (κ3) is 4.60. The van der Waals surface area contributed by atoms with E-state index in [9.17, 15) is 13.2 Å². The number of carboxylic acids is 1. The van der Waals surface area contributed by atoms with Crippen LogP contribution in [-0.2, 0) is 15.6 Å².